The van der Waals surface area contributed by atoms with E-state index in [0.29, 0.717) is 11.7 Å². The monoisotopic (exact) mass is 301 g/mol. The molecular formula is C10H12BrN3OS. The van der Waals surface area contributed by atoms with Gasteiger partial charge in [0.25, 0.3) is 0 Å². The van der Waals surface area contributed by atoms with Gasteiger partial charge in [-0.2, -0.15) is 4.98 Å². The maximum absolute atomic E-state index is 6.03. The summed E-state index contributed by atoms with van der Waals surface area (Å²) >= 11 is 4.95. The van der Waals surface area contributed by atoms with Crippen molar-refractivity contribution in [1.29, 1.82) is 0 Å². The highest BCUT2D eigenvalue weighted by Gasteiger charge is 2.26. The second-order valence-electron chi connectivity index (χ2n) is 3.82. The van der Waals surface area contributed by atoms with Crippen LogP contribution < -0.4 is 5.73 Å². The Labute approximate surface area is 106 Å². The molecule has 0 spiro atoms. The van der Waals surface area contributed by atoms with Crippen LogP contribution in [0.25, 0.3) is 10.7 Å². The summed E-state index contributed by atoms with van der Waals surface area (Å²) in [4.78, 5) is 5.29. The average molecular weight is 302 g/mol. The van der Waals surface area contributed by atoms with E-state index in [2.05, 4.69) is 26.1 Å². The minimum absolute atomic E-state index is 0.481. The standard InChI is InChI=1S/C10H12BrN3OS/c1-3-10(2,12)9-13-8(14-15-9)7-4-6(11)5-16-7/h4-5H,3,12H2,1-2H3. The lowest BCUT2D eigenvalue weighted by molar-refractivity contribution is 0.291. The second kappa shape index (κ2) is 4.27. The largest absolute Gasteiger partial charge is 0.337 e. The highest BCUT2D eigenvalue weighted by atomic mass is 79.9. The molecule has 16 heavy (non-hydrogen) atoms. The van der Waals surface area contributed by atoms with Crippen LogP contribution in [0.5, 0.6) is 0 Å². The number of halogens is 1. The number of nitrogens with zero attached hydrogens (tertiary/aromatic N) is 2. The molecule has 0 aliphatic heterocycles. The molecule has 0 aromatic carbocycles. The van der Waals surface area contributed by atoms with Gasteiger partial charge in [0.15, 0.2) is 0 Å². The first-order valence-electron chi connectivity index (χ1n) is 4.90. The van der Waals surface area contributed by atoms with Crippen molar-refractivity contribution in [2.75, 3.05) is 0 Å². The van der Waals surface area contributed by atoms with E-state index < -0.39 is 5.54 Å². The summed E-state index contributed by atoms with van der Waals surface area (Å²) in [6.45, 7) is 3.88. The lowest BCUT2D eigenvalue weighted by Crippen LogP contribution is -2.32. The first-order valence-corrected chi connectivity index (χ1v) is 6.57. The summed E-state index contributed by atoms with van der Waals surface area (Å²) in [5.41, 5.74) is 5.48. The molecule has 4 nitrogen and oxygen atoms in total. The molecule has 1 unspecified atom stereocenters. The molecule has 0 radical (unpaired) electrons. The third kappa shape index (κ3) is 2.18. The molecule has 0 bridgehead atoms. The van der Waals surface area contributed by atoms with Crippen LogP contribution in [0.3, 0.4) is 0 Å². The number of rotatable bonds is 3. The van der Waals surface area contributed by atoms with Gasteiger partial charge in [0.1, 0.15) is 0 Å². The first kappa shape index (κ1) is 11.8. The fraction of sp³-hybridized carbons (Fsp3) is 0.400. The van der Waals surface area contributed by atoms with Gasteiger partial charge in [-0.15, -0.1) is 11.3 Å². The number of nitrogens with two attached hydrogens (primary N) is 1. The van der Waals surface area contributed by atoms with Gasteiger partial charge in [-0.05, 0) is 35.3 Å². The zero-order chi connectivity index (χ0) is 11.8. The van der Waals surface area contributed by atoms with Gasteiger partial charge in [-0.25, -0.2) is 0 Å². The van der Waals surface area contributed by atoms with Crippen molar-refractivity contribution in [2.24, 2.45) is 5.73 Å². The van der Waals surface area contributed by atoms with Crippen LogP contribution in [0.1, 0.15) is 26.2 Å². The van der Waals surface area contributed by atoms with Gasteiger partial charge in [-0.1, -0.05) is 12.1 Å². The van der Waals surface area contributed by atoms with Crippen LogP contribution in [-0.2, 0) is 5.54 Å². The Kier molecular flexibility index (Phi) is 3.14. The molecule has 86 valence electrons. The third-order valence-corrected chi connectivity index (χ3v) is 4.12. The van der Waals surface area contributed by atoms with E-state index in [-0.39, 0.29) is 0 Å². The lowest BCUT2D eigenvalue weighted by Gasteiger charge is -2.16. The Morgan fingerprint density at radius 1 is 1.62 bits per heavy atom. The summed E-state index contributed by atoms with van der Waals surface area (Å²) in [5.74, 6) is 1.07. The molecule has 2 aromatic rings. The zero-order valence-corrected chi connectivity index (χ0v) is 11.4. The van der Waals surface area contributed by atoms with E-state index in [1.54, 1.807) is 11.3 Å². The van der Waals surface area contributed by atoms with Crippen molar-refractivity contribution in [1.82, 2.24) is 10.1 Å². The quantitative estimate of drug-likeness (QED) is 0.946. The summed E-state index contributed by atoms with van der Waals surface area (Å²) < 4.78 is 6.21. The van der Waals surface area contributed by atoms with Crippen LogP contribution in [0.4, 0.5) is 0 Å². The molecule has 0 fully saturated rings. The van der Waals surface area contributed by atoms with Crippen molar-refractivity contribution in [3.8, 4) is 10.7 Å². The molecule has 2 N–H and O–H groups in total. The fourth-order valence-electron chi connectivity index (χ4n) is 1.14. The second-order valence-corrected chi connectivity index (χ2v) is 5.65. The van der Waals surface area contributed by atoms with Gasteiger partial charge in [-0.3, -0.25) is 0 Å². The van der Waals surface area contributed by atoms with Gasteiger partial charge < -0.3 is 10.3 Å². The van der Waals surface area contributed by atoms with Gasteiger partial charge in [0.2, 0.25) is 11.7 Å². The number of hydrogen-bond acceptors (Lipinski definition) is 5. The minimum Gasteiger partial charge on any atom is -0.337 e. The highest BCUT2D eigenvalue weighted by molar-refractivity contribution is 9.10. The molecule has 0 saturated heterocycles. The van der Waals surface area contributed by atoms with Gasteiger partial charge >= 0.3 is 0 Å². The summed E-state index contributed by atoms with van der Waals surface area (Å²) in [6, 6.07) is 1.96. The van der Waals surface area contributed by atoms with E-state index in [1.807, 2.05) is 25.3 Å². The van der Waals surface area contributed by atoms with Gasteiger partial charge in [0, 0.05) is 9.85 Å². The molecule has 0 saturated carbocycles. The van der Waals surface area contributed by atoms with Crippen LogP contribution in [-0.4, -0.2) is 10.1 Å². The molecule has 0 aliphatic rings. The van der Waals surface area contributed by atoms with Crippen LogP contribution in [0.2, 0.25) is 0 Å². The van der Waals surface area contributed by atoms with Crippen molar-refractivity contribution in [3.05, 3.63) is 21.8 Å². The molecule has 0 aliphatic carbocycles. The SMILES string of the molecule is CCC(C)(N)c1nc(-c2cc(Br)cs2)no1. The van der Waals surface area contributed by atoms with Crippen molar-refractivity contribution >= 4 is 27.3 Å². The van der Waals surface area contributed by atoms with Crippen molar-refractivity contribution < 1.29 is 4.52 Å². The van der Waals surface area contributed by atoms with Crippen molar-refractivity contribution in [2.45, 2.75) is 25.8 Å². The topological polar surface area (TPSA) is 64.9 Å². The Balaban J connectivity index is 2.33. The summed E-state index contributed by atoms with van der Waals surface area (Å²) in [6.07, 6.45) is 0.753. The normalized spacial score (nSPS) is 15.0. The third-order valence-electron chi connectivity index (χ3n) is 2.44. The first-order chi connectivity index (χ1) is 7.53. The van der Waals surface area contributed by atoms with E-state index in [0.717, 1.165) is 15.8 Å². The lowest BCUT2D eigenvalue weighted by atomic mass is 10.0. The maximum Gasteiger partial charge on any atom is 0.246 e. The Morgan fingerprint density at radius 3 is 2.94 bits per heavy atom. The Bertz CT molecular complexity index is 492. The molecule has 0 amide bonds. The maximum atomic E-state index is 6.03. The predicted molar refractivity (Wildman–Crippen MR) is 67.1 cm³/mol. The Hall–Kier alpha value is -0.720. The molecule has 1 atom stereocenters. The van der Waals surface area contributed by atoms with E-state index >= 15 is 0 Å². The number of aromatic nitrogens is 2. The Morgan fingerprint density at radius 2 is 2.38 bits per heavy atom. The van der Waals surface area contributed by atoms with Crippen LogP contribution in [0.15, 0.2) is 20.4 Å². The van der Waals surface area contributed by atoms with E-state index in [1.165, 1.54) is 0 Å². The minimum atomic E-state index is -0.556. The molecule has 2 rings (SSSR count). The zero-order valence-electron chi connectivity index (χ0n) is 9.03. The predicted octanol–water partition coefficient (Wildman–Crippen LogP) is 3.14. The summed E-state index contributed by atoms with van der Waals surface area (Å²) in [7, 11) is 0. The van der Waals surface area contributed by atoms with E-state index in [9.17, 15) is 0 Å². The molecule has 2 heterocycles. The van der Waals surface area contributed by atoms with Gasteiger partial charge in [0.05, 0.1) is 10.4 Å². The smallest absolute Gasteiger partial charge is 0.246 e. The summed E-state index contributed by atoms with van der Waals surface area (Å²) in [5, 5.41) is 5.92. The van der Waals surface area contributed by atoms with Crippen LogP contribution >= 0.6 is 27.3 Å². The highest BCUT2D eigenvalue weighted by Crippen LogP contribution is 2.29. The fourth-order valence-corrected chi connectivity index (χ4v) is 2.49. The average Bonchev–Trinajstić information content (AvgIpc) is 2.85. The van der Waals surface area contributed by atoms with Crippen molar-refractivity contribution in [3.63, 3.8) is 0 Å². The van der Waals surface area contributed by atoms with Crippen LogP contribution in [0, 0.1) is 0 Å². The number of hydrogen-bond donors (Lipinski definition) is 1. The van der Waals surface area contributed by atoms with E-state index in [4.69, 9.17) is 10.3 Å². The number of thiophene rings is 1. The molecule has 2 aromatic heterocycles. The molecular weight excluding hydrogens is 290 g/mol. The molecule has 6 heteroatoms.